The Kier molecular flexibility index (Phi) is 4.25. The van der Waals surface area contributed by atoms with Gasteiger partial charge in [0.2, 0.25) is 0 Å². The molecule has 6 nitrogen and oxygen atoms in total. The van der Waals surface area contributed by atoms with E-state index >= 15 is 0 Å². The third-order valence-corrected chi connectivity index (χ3v) is 3.69. The summed E-state index contributed by atoms with van der Waals surface area (Å²) in [6.07, 6.45) is 0. The number of benzene rings is 1. The smallest absolute Gasteiger partial charge is 0.168 e. The van der Waals surface area contributed by atoms with E-state index in [2.05, 4.69) is 51.6 Å². The van der Waals surface area contributed by atoms with Crippen LogP contribution in [0.3, 0.4) is 0 Å². The van der Waals surface area contributed by atoms with E-state index in [0.717, 1.165) is 28.2 Å². The van der Waals surface area contributed by atoms with E-state index in [9.17, 15) is 0 Å². The Morgan fingerprint density at radius 3 is 2.52 bits per heavy atom. The highest BCUT2D eigenvalue weighted by atomic mass is 16.5. The predicted molar refractivity (Wildman–Crippen MR) is 91.2 cm³/mol. The van der Waals surface area contributed by atoms with Crippen molar-refractivity contribution in [3.63, 3.8) is 0 Å². The molecule has 3 rings (SSSR count). The van der Waals surface area contributed by atoms with Gasteiger partial charge < -0.3 is 10.1 Å². The SMILES string of the molecule is COCCNc1nc(C)nc2c1c(C)nn2-c1ccc(C)cc1. The van der Waals surface area contributed by atoms with Gasteiger partial charge in [0.1, 0.15) is 11.6 Å². The van der Waals surface area contributed by atoms with Crippen LogP contribution >= 0.6 is 0 Å². The number of aromatic nitrogens is 4. The van der Waals surface area contributed by atoms with Gasteiger partial charge in [-0.05, 0) is 32.9 Å². The zero-order chi connectivity index (χ0) is 16.4. The molecule has 120 valence electrons. The van der Waals surface area contributed by atoms with Crippen molar-refractivity contribution >= 4 is 16.9 Å². The fourth-order valence-electron chi connectivity index (χ4n) is 2.56. The van der Waals surface area contributed by atoms with Gasteiger partial charge in [0.05, 0.1) is 23.4 Å². The third-order valence-electron chi connectivity index (χ3n) is 3.69. The highest BCUT2D eigenvalue weighted by Crippen LogP contribution is 2.26. The summed E-state index contributed by atoms with van der Waals surface area (Å²) < 4.78 is 6.97. The Morgan fingerprint density at radius 2 is 1.83 bits per heavy atom. The Morgan fingerprint density at radius 1 is 1.09 bits per heavy atom. The zero-order valence-electron chi connectivity index (χ0n) is 13.9. The molecule has 1 N–H and O–H groups in total. The lowest BCUT2D eigenvalue weighted by Crippen LogP contribution is -2.10. The topological polar surface area (TPSA) is 64.9 Å². The average Bonchev–Trinajstić information content (AvgIpc) is 2.85. The van der Waals surface area contributed by atoms with E-state index in [1.165, 1.54) is 5.56 Å². The van der Waals surface area contributed by atoms with Crippen molar-refractivity contribution in [1.29, 1.82) is 0 Å². The van der Waals surface area contributed by atoms with Gasteiger partial charge in [-0.15, -0.1) is 0 Å². The standard InChI is InChI=1S/C17H21N5O/c1-11-5-7-14(8-6-11)22-17-15(12(2)21-22)16(18-9-10-23-4)19-13(3)20-17/h5-8H,9-10H2,1-4H3,(H,18,19,20). The lowest BCUT2D eigenvalue weighted by molar-refractivity contribution is 0.210. The Labute approximate surface area is 135 Å². The van der Waals surface area contributed by atoms with Gasteiger partial charge in [-0.25, -0.2) is 14.6 Å². The number of fused-ring (bicyclic) bond motifs is 1. The number of ether oxygens (including phenoxy) is 1. The maximum absolute atomic E-state index is 5.10. The highest BCUT2D eigenvalue weighted by Gasteiger charge is 2.16. The van der Waals surface area contributed by atoms with E-state index in [-0.39, 0.29) is 0 Å². The van der Waals surface area contributed by atoms with Gasteiger partial charge in [-0.2, -0.15) is 5.10 Å². The van der Waals surface area contributed by atoms with Crippen LogP contribution in [-0.4, -0.2) is 40.0 Å². The summed E-state index contributed by atoms with van der Waals surface area (Å²) in [5, 5.41) is 8.93. The largest absolute Gasteiger partial charge is 0.383 e. The first-order valence-electron chi connectivity index (χ1n) is 7.64. The summed E-state index contributed by atoms with van der Waals surface area (Å²) in [6.45, 7) is 7.25. The van der Waals surface area contributed by atoms with Crippen LogP contribution < -0.4 is 5.32 Å². The van der Waals surface area contributed by atoms with Crippen molar-refractivity contribution in [3.05, 3.63) is 41.3 Å². The maximum atomic E-state index is 5.10. The van der Waals surface area contributed by atoms with Gasteiger partial charge in [0, 0.05) is 13.7 Å². The second-order valence-electron chi connectivity index (χ2n) is 5.57. The monoisotopic (exact) mass is 311 g/mol. The van der Waals surface area contributed by atoms with Crippen molar-refractivity contribution in [3.8, 4) is 5.69 Å². The minimum absolute atomic E-state index is 0.621. The Balaban J connectivity index is 2.12. The summed E-state index contributed by atoms with van der Waals surface area (Å²) in [5.41, 5.74) is 3.93. The van der Waals surface area contributed by atoms with Gasteiger partial charge in [-0.3, -0.25) is 0 Å². The van der Waals surface area contributed by atoms with Crippen LogP contribution in [0.2, 0.25) is 0 Å². The van der Waals surface area contributed by atoms with E-state index in [0.29, 0.717) is 19.0 Å². The molecule has 6 heteroatoms. The molecule has 1 aromatic carbocycles. The van der Waals surface area contributed by atoms with Crippen molar-refractivity contribution in [1.82, 2.24) is 19.7 Å². The molecule has 2 aromatic heterocycles. The quantitative estimate of drug-likeness (QED) is 0.734. The molecule has 0 unspecified atom stereocenters. The second kappa shape index (κ2) is 6.34. The Bertz CT molecular complexity index is 823. The number of hydrogen-bond donors (Lipinski definition) is 1. The lowest BCUT2D eigenvalue weighted by Gasteiger charge is -2.08. The normalized spacial score (nSPS) is 11.1. The molecule has 0 saturated carbocycles. The first-order valence-corrected chi connectivity index (χ1v) is 7.64. The molecule has 0 atom stereocenters. The van der Waals surface area contributed by atoms with Crippen LogP contribution in [0.4, 0.5) is 5.82 Å². The molecule has 0 aliphatic rings. The van der Waals surface area contributed by atoms with Crippen molar-refractivity contribution in [2.75, 3.05) is 25.6 Å². The molecule has 3 aromatic rings. The molecule has 2 heterocycles. The fourth-order valence-corrected chi connectivity index (χ4v) is 2.56. The van der Waals surface area contributed by atoms with E-state index in [1.54, 1.807) is 7.11 Å². The van der Waals surface area contributed by atoms with E-state index in [1.807, 2.05) is 18.5 Å². The number of aryl methyl sites for hydroxylation is 3. The van der Waals surface area contributed by atoms with Crippen LogP contribution in [0.5, 0.6) is 0 Å². The first-order chi connectivity index (χ1) is 11.1. The molecule has 0 aliphatic carbocycles. The molecule has 0 aliphatic heterocycles. The first kappa shape index (κ1) is 15.4. The average molecular weight is 311 g/mol. The summed E-state index contributed by atoms with van der Waals surface area (Å²) >= 11 is 0. The van der Waals surface area contributed by atoms with Crippen LogP contribution in [0.1, 0.15) is 17.1 Å². The minimum atomic E-state index is 0.621. The molecule has 23 heavy (non-hydrogen) atoms. The lowest BCUT2D eigenvalue weighted by atomic mass is 10.2. The summed E-state index contributed by atoms with van der Waals surface area (Å²) in [7, 11) is 1.68. The zero-order valence-corrected chi connectivity index (χ0v) is 13.9. The second-order valence-corrected chi connectivity index (χ2v) is 5.57. The number of anilines is 1. The number of hydrogen-bond acceptors (Lipinski definition) is 5. The molecule has 0 amide bonds. The Hall–Kier alpha value is -2.47. The van der Waals surface area contributed by atoms with Crippen molar-refractivity contribution in [2.24, 2.45) is 0 Å². The molecule has 0 bridgehead atoms. The van der Waals surface area contributed by atoms with E-state index in [4.69, 9.17) is 4.74 Å². The van der Waals surface area contributed by atoms with Crippen LogP contribution in [0, 0.1) is 20.8 Å². The van der Waals surface area contributed by atoms with Crippen molar-refractivity contribution < 1.29 is 4.74 Å². The summed E-state index contributed by atoms with van der Waals surface area (Å²) in [4.78, 5) is 9.13. The van der Waals surface area contributed by atoms with Crippen LogP contribution in [0.15, 0.2) is 24.3 Å². The molecule has 0 radical (unpaired) electrons. The van der Waals surface area contributed by atoms with Crippen LogP contribution in [-0.2, 0) is 4.74 Å². The van der Waals surface area contributed by atoms with Gasteiger partial charge in [0.15, 0.2) is 5.65 Å². The van der Waals surface area contributed by atoms with Crippen LogP contribution in [0.25, 0.3) is 16.7 Å². The summed E-state index contributed by atoms with van der Waals surface area (Å²) in [5.74, 6) is 1.52. The molecular weight excluding hydrogens is 290 g/mol. The predicted octanol–water partition coefficient (Wildman–Crippen LogP) is 2.80. The maximum Gasteiger partial charge on any atom is 0.168 e. The molecular formula is C17H21N5O. The van der Waals surface area contributed by atoms with E-state index < -0.39 is 0 Å². The number of rotatable bonds is 5. The van der Waals surface area contributed by atoms with Gasteiger partial charge in [-0.1, -0.05) is 17.7 Å². The number of nitrogens with one attached hydrogen (secondary N) is 1. The third kappa shape index (κ3) is 3.03. The van der Waals surface area contributed by atoms with Gasteiger partial charge in [0.25, 0.3) is 0 Å². The molecule has 0 fully saturated rings. The summed E-state index contributed by atoms with van der Waals surface area (Å²) in [6, 6.07) is 8.25. The fraction of sp³-hybridized carbons (Fsp3) is 0.353. The van der Waals surface area contributed by atoms with Crippen molar-refractivity contribution in [2.45, 2.75) is 20.8 Å². The number of nitrogens with zero attached hydrogens (tertiary/aromatic N) is 4. The minimum Gasteiger partial charge on any atom is -0.383 e. The number of methoxy groups -OCH3 is 1. The molecule has 0 saturated heterocycles. The highest BCUT2D eigenvalue weighted by molar-refractivity contribution is 5.90. The van der Waals surface area contributed by atoms with Gasteiger partial charge >= 0.3 is 0 Å². The molecule has 0 spiro atoms.